The Morgan fingerprint density at radius 1 is 1.22 bits per heavy atom. The van der Waals surface area contributed by atoms with E-state index in [1.807, 2.05) is 24.4 Å². The number of halogens is 2. The summed E-state index contributed by atoms with van der Waals surface area (Å²) in [5.74, 6) is 1.85. The first-order chi connectivity index (χ1) is 18.0. The number of esters is 1. The van der Waals surface area contributed by atoms with E-state index in [1.165, 1.54) is 17.7 Å². The van der Waals surface area contributed by atoms with Gasteiger partial charge >= 0.3 is 5.97 Å². The average molecular weight is 606 g/mol. The highest BCUT2D eigenvalue weighted by molar-refractivity contribution is 9.10. The van der Waals surface area contributed by atoms with Crippen molar-refractivity contribution in [3.05, 3.63) is 92.2 Å². The van der Waals surface area contributed by atoms with Gasteiger partial charge in [-0.05, 0) is 42.8 Å². The quantitative estimate of drug-likeness (QED) is 0.262. The van der Waals surface area contributed by atoms with Crippen LogP contribution in [0.3, 0.4) is 0 Å². The molecule has 3 heterocycles. The van der Waals surface area contributed by atoms with Crippen LogP contribution in [0.2, 0.25) is 0 Å². The number of carbonyl (C=O) groups excluding carboxylic acids is 1. The molecule has 2 aromatic carbocycles. The highest BCUT2D eigenvalue weighted by Crippen LogP contribution is 2.33. The van der Waals surface area contributed by atoms with Crippen LogP contribution in [-0.2, 0) is 16.1 Å². The molecule has 0 unspecified atom stereocenters. The van der Waals surface area contributed by atoms with Gasteiger partial charge in [-0.25, -0.2) is 18.5 Å². The Morgan fingerprint density at radius 2 is 2.03 bits per heavy atom. The number of benzene rings is 2. The Kier molecular flexibility index (Phi) is 9.73. The Balaban J connectivity index is 0.000000342. The molecule has 0 amide bonds. The number of fused-ring (bicyclic) bond motifs is 1. The van der Waals surface area contributed by atoms with Gasteiger partial charge in [-0.1, -0.05) is 46.1 Å². The van der Waals surface area contributed by atoms with E-state index in [0.29, 0.717) is 31.1 Å². The molecular weight excluding hydrogens is 579 g/mol. The van der Waals surface area contributed by atoms with E-state index in [2.05, 4.69) is 47.2 Å². The zero-order valence-corrected chi connectivity index (χ0v) is 23.6. The number of carbonyl (C=O) groups is 1. The van der Waals surface area contributed by atoms with E-state index >= 15 is 0 Å². The third kappa shape index (κ3) is 7.19. The molecule has 1 aromatic heterocycles. The van der Waals surface area contributed by atoms with Crippen LogP contribution in [0.5, 0.6) is 5.75 Å². The summed E-state index contributed by atoms with van der Waals surface area (Å²) in [6.45, 7) is 3.89. The van der Waals surface area contributed by atoms with Gasteiger partial charge in [0.25, 0.3) is 0 Å². The lowest BCUT2D eigenvalue weighted by Gasteiger charge is -2.40. The molecule has 0 saturated carbocycles. The van der Waals surface area contributed by atoms with Crippen LogP contribution >= 0.6 is 39.2 Å². The number of hydrogen-bond acceptors (Lipinski definition) is 9. The fraction of sp³-hybridized carbons (Fsp3) is 0.269. The monoisotopic (exact) mass is 604 g/mol. The van der Waals surface area contributed by atoms with Crippen LogP contribution in [0.15, 0.2) is 80.8 Å². The molecule has 0 bridgehead atoms. The van der Waals surface area contributed by atoms with Crippen LogP contribution in [0.25, 0.3) is 0 Å². The van der Waals surface area contributed by atoms with Crippen LogP contribution in [-0.4, -0.2) is 58.7 Å². The van der Waals surface area contributed by atoms with Gasteiger partial charge in [0, 0.05) is 28.3 Å². The van der Waals surface area contributed by atoms with Gasteiger partial charge in [0.05, 0.1) is 38.3 Å². The summed E-state index contributed by atoms with van der Waals surface area (Å²) >= 11 is 6.40. The normalized spacial score (nSPS) is 15.4. The van der Waals surface area contributed by atoms with Gasteiger partial charge < -0.3 is 14.4 Å². The largest absolute Gasteiger partial charge is 0.497 e. The minimum Gasteiger partial charge on any atom is -0.497 e. The van der Waals surface area contributed by atoms with Crippen molar-refractivity contribution in [2.24, 2.45) is 4.99 Å². The second-order valence-electron chi connectivity index (χ2n) is 7.90. The molecule has 0 radical (unpaired) electrons. The third-order valence-corrected chi connectivity index (χ3v) is 7.72. The van der Waals surface area contributed by atoms with E-state index in [1.54, 1.807) is 48.7 Å². The molecule has 3 aromatic rings. The molecule has 1 fully saturated rings. The van der Waals surface area contributed by atoms with Crippen molar-refractivity contribution in [2.45, 2.75) is 13.5 Å². The molecule has 2 aliphatic rings. The molecule has 5 rings (SSSR count). The first kappa shape index (κ1) is 27.3. The van der Waals surface area contributed by atoms with Crippen molar-refractivity contribution in [1.82, 2.24) is 14.2 Å². The number of ether oxygens (including phenoxy) is 2. The van der Waals surface area contributed by atoms with Crippen molar-refractivity contribution in [1.29, 1.82) is 0 Å². The van der Waals surface area contributed by atoms with Gasteiger partial charge in [-0.15, -0.1) is 11.3 Å². The average Bonchev–Trinajstić information content (AvgIpc) is 3.44. The first-order valence-corrected chi connectivity index (χ1v) is 14.1. The third-order valence-electron chi connectivity index (χ3n) is 5.46. The number of hydrogen-bond donors (Lipinski definition) is 0. The minimum atomic E-state index is -0.286. The van der Waals surface area contributed by atoms with Gasteiger partial charge in [0.1, 0.15) is 11.6 Å². The molecule has 0 spiro atoms. The predicted octanol–water partition coefficient (Wildman–Crippen LogP) is 5.74. The Bertz CT molecular complexity index is 1250. The van der Waals surface area contributed by atoms with Crippen molar-refractivity contribution < 1.29 is 18.7 Å². The summed E-state index contributed by atoms with van der Waals surface area (Å²) in [6, 6.07) is 14.3. The van der Waals surface area contributed by atoms with E-state index in [0.717, 1.165) is 33.3 Å². The van der Waals surface area contributed by atoms with Crippen molar-refractivity contribution >= 4 is 51.0 Å². The molecule has 7 nitrogen and oxygen atoms in total. The highest BCUT2D eigenvalue weighted by atomic mass is 79.9. The Hall–Kier alpha value is -2.73. The topological polar surface area (TPSA) is 67.3 Å². The Morgan fingerprint density at radius 3 is 2.65 bits per heavy atom. The van der Waals surface area contributed by atoms with Crippen LogP contribution in [0.1, 0.15) is 17.5 Å². The zero-order chi connectivity index (χ0) is 26.2. The number of amidine groups is 1. The Labute approximate surface area is 232 Å². The van der Waals surface area contributed by atoms with Gasteiger partial charge in [0.15, 0.2) is 10.8 Å². The summed E-state index contributed by atoms with van der Waals surface area (Å²) in [5, 5.41) is 2.81. The molecule has 0 atom stereocenters. The molecule has 2 aliphatic heterocycles. The minimum absolute atomic E-state index is 0.209. The number of nitrogens with zero attached hydrogens (tertiary/aromatic N) is 4. The van der Waals surface area contributed by atoms with Crippen LogP contribution in [0, 0.1) is 5.82 Å². The molecule has 37 heavy (non-hydrogen) atoms. The predicted molar refractivity (Wildman–Crippen MR) is 149 cm³/mol. The van der Waals surface area contributed by atoms with Crippen LogP contribution in [0.4, 0.5) is 4.39 Å². The van der Waals surface area contributed by atoms with Crippen LogP contribution < -0.4 is 4.74 Å². The van der Waals surface area contributed by atoms with E-state index in [-0.39, 0.29) is 11.8 Å². The lowest BCUT2D eigenvalue weighted by molar-refractivity contribution is -0.138. The van der Waals surface area contributed by atoms with Crippen molar-refractivity contribution in [3.8, 4) is 5.75 Å². The highest BCUT2D eigenvalue weighted by Gasteiger charge is 2.34. The lowest BCUT2D eigenvalue weighted by Crippen LogP contribution is -2.44. The maximum Gasteiger partial charge on any atom is 0.337 e. The molecule has 194 valence electrons. The van der Waals surface area contributed by atoms with E-state index in [4.69, 9.17) is 9.47 Å². The lowest BCUT2D eigenvalue weighted by atomic mass is 10.1. The summed E-state index contributed by atoms with van der Waals surface area (Å²) in [7, 11) is 1.66. The number of thiazole rings is 1. The standard InChI is InChI=1S/C20H22N4O3S2.C6H4BrF/c1-3-27-20(25)16-10-22-18(19-21-8-9-28-19)24-13-29-23(12-17(16)24)11-14-4-6-15(26-2)7-5-14;7-5-2-1-3-6(8)4-5/h4-9H,3,10-13H2,1-2H3;1-4H. The first-order valence-electron chi connectivity index (χ1n) is 11.5. The SMILES string of the molecule is CCOC(=O)C1=C2CN(Cc3ccc(OC)cc3)SCN2C(c2nccs2)=NC1.Fc1cccc(Br)c1. The number of rotatable bonds is 6. The number of aliphatic imine (C=N–C) groups is 1. The molecule has 0 N–H and O–H groups in total. The number of methoxy groups -OCH3 is 1. The molecule has 1 saturated heterocycles. The zero-order valence-electron chi connectivity index (χ0n) is 20.4. The summed E-state index contributed by atoms with van der Waals surface area (Å²) in [5.41, 5.74) is 2.78. The van der Waals surface area contributed by atoms with Gasteiger partial charge in [0.2, 0.25) is 0 Å². The van der Waals surface area contributed by atoms with E-state index in [9.17, 15) is 9.18 Å². The fourth-order valence-electron chi connectivity index (χ4n) is 3.71. The second kappa shape index (κ2) is 13.2. The van der Waals surface area contributed by atoms with Crippen molar-refractivity contribution in [3.63, 3.8) is 0 Å². The van der Waals surface area contributed by atoms with Gasteiger partial charge in [-0.2, -0.15) is 0 Å². The number of aromatic nitrogens is 1. The van der Waals surface area contributed by atoms with E-state index < -0.39 is 0 Å². The smallest absolute Gasteiger partial charge is 0.337 e. The second-order valence-corrected chi connectivity index (χ2v) is 10.7. The molecule has 0 aliphatic carbocycles. The summed E-state index contributed by atoms with van der Waals surface area (Å²) in [4.78, 5) is 23.7. The molecule has 11 heteroatoms. The maximum absolute atomic E-state index is 12.6. The summed E-state index contributed by atoms with van der Waals surface area (Å²) < 4.78 is 25.7. The maximum atomic E-state index is 12.6. The summed E-state index contributed by atoms with van der Waals surface area (Å²) in [6.07, 6.45) is 1.78. The van der Waals surface area contributed by atoms with Crippen molar-refractivity contribution in [2.75, 3.05) is 32.7 Å². The van der Waals surface area contributed by atoms with Gasteiger partial charge in [-0.3, -0.25) is 4.99 Å². The molecular formula is C26H26BrFN4O3S2. The fourth-order valence-corrected chi connectivity index (χ4v) is 5.74.